The number of hydrogen-bond donors (Lipinski definition) is 0. The van der Waals surface area contributed by atoms with E-state index in [1.165, 1.54) is 6.07 Å². The van der Waals surface area contributed by atoms with Gasteiger partial charge in [-0.3, -0.25) is 4.98 Å². The molecule has 2 heteroatoms. The summed E-state index contributed by atoms with van der Waals surface area (Å²) >= 11 is 0. The number of aromatic nitrogens is 1. The van der Waals surface area contributed by atoms with Gasteiger partial charge in [-0.1, -0.05) is 78.9 Å². The number of pyridine rings is 1. The van der Waals surface area contributed by atoms with E-state index in [1.54, 1.807) is 0 Å². The van der Waals surface area contributed by atoms with Crippen molar-refractivity contribution in [3.8, 4) is 22.4 Å². The third kappa shape index (κ3) is 3.00. The van der Waals surface area contributed by atoms with Crippen molar-refractivity contribution in [1.29, 1.82) is 0 Å². The molecule has 7 aromatic rings. The largest absolute Gasteiger partial charge is 0.455 e. The molecule has 0 saturated heterocycles. The number of fused-ring (bicyclic) bond motifs is 7. The number of hydrogen-bond acceptors (Lipinski definition) is 2. The molecule has 0 atom stereocenters. The molecule has 0 fully saturated rings. The summed E-state index contributed by atoms with van der Waals surface area (Å²) in [5.74, 6) is 0. The highest BCUT2D eigenvalue weighted by molar-refractivity contribution is 6.28. The molecule has 0 bridgehead atoms. The summed E-state index contributed by atoms with van der Waals surface area (Å²) in [6, 6.07) is 31.9. The fourth-order valence-corrected chi connectivity index (χ4v) is 5.14. The quantitative estimate of drug-likeness (QED) is 0.243. The van der Waals surface area contributed by atoms with E-state index in [1.807, 2.05) is 48.5 Å². The summed E-state index contributed by atoms with van der Waals surface area (Å²) in [7, 11) is 0. The summed E-state index contributed by atoms with van der Waals surface area (Å²) in [6.07, 6.45) is 1.15. The lowest BCUT2D eigenvalue weighted by Gasteiger charge is -2.12. The molecule has 0 radical (unpaired) electrons. The summed E-state index contributed by atoms with van der Waals surface area (Å²) < 4.78 is 54.0. The molecule has 0 N–H and O–H groups in total. The maximum atomic E-state index is 8.00. The van der Waals surface area contributed by atoms with Crippen LogP contribution in [0.4, 0.5) is 0 Å². The lowest BCUT2D eigenvalue weighted by atomic mass is 9.91. The van der Waals surface area contributed by atoms with E-state index >= 15 is 0 Å². The molecule has 0 aliphatic carbocycles. The van der Waals surface area contributed by atoms with Gasteiger partial charge in [0.1, 0.15) is 11.2 Å². The van der Waals surface area contributed by atoms with Gasteiger partial charge in [0.25, 0.3) is 0 Å². The number of nitrogens with zero attached hydrogens (tertiary/aromatic N) is 1. The molecule has 7 rings (SSSR count). The molecule has 35 heavy (non-hydrogen) atoms. The lowest BCUT2D eigenvalue weighted by molar-refractivity contribution is 0.670. The molecule has 2 nitrogen and oxygen atoms in total. The normalized spacial score (nSPS) is 15.0. The van der Waals surface area contributed by atoms with Crippen molar-refractivity contribution in [1.82, 2.24) is 4.98 Å². The van der Waals surface area contributed by atoms with Gasteiger partial charge in [0, 0.05) is 30.8 Å². The molecule has 0 aliphatic rings. The van der Waals surface area contributed by atoms with Crippen LogP contribution in [0.5, 0.6) is 0 Å². The van der Waals surface area contributed by atoms with Crippen LogP contribution >= 0.6 is 0 Å². The van der Waals surface area contributed by atoms with Gasteiger partial charge in [-0.05, 0) is 75.7 Å². The van der Waals surface area contributed by atoms with E-state index in [-0.39, 0.29) is 11.1 Å². The van der Waals surface area contributed by atoms with Crippen LogP contribution in [0, 0.1) is 13.7 Å². The second kappa shape index (κ2) is 7.54. The van der Waals surface area contributed by atoms with Gasteiger partial charge in [-0.15, -0.1) is 0 Å². The average Bonchev–Trinajstić information content (AvgIpc) is 3.34. The van der Waals surface area contributed by atoms with E-state index in [0.29, 0.717) is 22.4 Å². The molecule has 2 aromatic heterocycles. The van der Waals surface area contributed by atoms with Crippen LogP contribution in [0.2, 0.25) is 0 Å². The van der Waals surface area contributed by atoms with Gasteiger partial charge < -0.3 is 4.42 Å². The van der Waals surface area contributed by atoms with Crippen LogP contribution in [0.15, 0.2) is 108 Å². The van der Waals surface area contributed by atoms with Crippen molar-refractivity contribution in [2.24, 2.45) is 0 Å². The number of furan rings is 1. The van der Waals surface area contributed by atoms with E-state index in [2.05, 4.69) is 47.4 Å². The van der Waals surface area contributed by atoms with Gasteiger partial charge in [0.2, 0.25) is 0 Å². The Bertz CT molecular complexity index is 2120. The molecule has 0 saturated carbocycles. The minimum absolute atomic E-state index is 0.237. The number of rotatable bonds is 2. The van der Waals surface area contributed by atoms with Gasteiger partial charge in [-0.2, -0.15) is 0 Å². The molecule has 166 valence electrons. The Morgan fingerprint density at radius 1 is 0.657 bits per heavy atom. The molecule has 0 amide bonds. The highest BCUT2D eigenvalue weighted by Gasteiger charge is 2.19. The molecular formula is C33H23NO. The van der Waals surface area contributed by atoms with Crippen molar-refractivity contribution in [3.05, 3.63) is 114 Å². The Balaban J connectivity index is 1.57. The first-order valence-corrected chi connectivity index (χ1v) is 11.5. The van der Waals surface area contributed by atoms with Crippen molar-refractivity contribution in [2.45, 2.75) is 13.7 Å². The van der Waals surface area contributed by atoms with Crippen LogP contribution in [0.25, 0.3) is 65.9 Å². The topological polar surface area (TPSA) is 26.0 Å². The predicted molar refractivity (Wildman–Crippen MR) is 147 cm³/mol. The highest BCUT2D eigenvalue weighted by atomic mass is 16.3. The zero-order valence-electron chi connectivity index (χ0n) is 24.7. The monoisotopic (exact) mass is 455 g/mol. The van der Waals surface area contributed by atoms with Gasteiger partial charge in [0.05, 0.1) is 5.69 Å². The van der Waals surface area contributed by atoms with E-state index in [0.717, 1.165) is 49.6 Å². The first-order valence-electron chi connectivity index (χ1n) is 14.5. The van der Waals surface area contributed by atoms with Gasteiger partial charge >= 0.3 is 0 Å². The second-order valence-corrected chi connectivity index (χ2v) is 8.77. The summed E-state index contributed by atoms with van der Waals surface area (Å²) in [6.45, 7) is -5.22. The lowest BCUT2D eigenvalue weighted by Crippen LogP contribution is -1.88. The van der Waals surface area contributed by atoms with Crippen LogP contribution in [-0.4, -0.2) is 4.98 Å². The molecule has 2 heterocycles. The predicted octanol–water partition coefficient (Wildman–Crippen LogP) is 9.24. The summed E-state index contributed by atoms with van der Waals surface area (Å²) in [4.78, 5) is 4.41. The van der Waals surface area contributed by atoms with Gasteiger partial charge in [0.15, 0.2) is 0 Å². The Morgan fingerprint density at radius 2 is 1.49 bits per heavy atom. The average molecular weight is 456 g/mol. The smallest absolute Gasteiger partial charge is 0.144 e. The Kier molecular flexibility index (Phi) is 3.18. The highest BCUT2D eigenvalue weighted by Crippen LogP contribution is 2.44. The SMILES string of the molecule is [2H]C([2H])([2H])c1cnc(-c2cccc3c2oc2cc(-c4ccccc4)c4c5ccccc5ccc4c23)cc1C([2H])([2H])[2H]. The molecule has 5 aromatic carbocycles. The molecule has 0 spiro atoms. The van der Waals surface area contributed by atoms with Crippen molar-refractivity contribution < 1.29 is 12.6 Å². The zero-order chi connectivity index (χ0) is 28.5. The van der Waals surface area contributed by atoms with Crippen LogP contribution < -0.4 is 0 Å². The third-order valence-electron chi connectivity index (χ3n) is 6.75. The first kappa shape index (κ1) is 14.7. The van der Waals surface area contributed by atoms with Crippen LogP contribution in [-0.2, 0) is 0 Å². The van der Waals surface area contributed by atoms with Crippen molar-refractivity contribution in [2.75, 3.05) is 0 Å². The van der Waals surface area contributed by atoms with Crippen LogP contribution in [0.3, 0.4) is 0 Å². The molecular weight excluding hydrogens is 426 g/mol. The van der Waals surface area contributed by atoms with Crippen molar-refractivity contribution >= 4 is 43.5 Å². The maximum absolute atomic E-state index is 8.00. The zero-order valence-corrected chi connectivity index (χ0v) is 18.7. The molecule has 0 aliphatic heterocycles. The Hall–Kier alpha value is -4.43. The minimum Gasteiger partial charge on any atom is -0.455 e. The summed E-state index contributed by atoms with van der Waals surface area (Å²) in [5.41, 5.74) is 3.80. The molecule has 0 unspecified atom stereocenters. The Labute approximate surface area is 211 Å². The standard InChI is InChI=1S/C33H23NO/c1-20-17-29(34-19-21(20)2)25-13-8-14-27-32-26-16-15-23-11-6-7-12-24(23)31(26)28(18-30(32)35-33(25)27)22-9-4-3-5-10-22/h3-19H,1-2H3/i1D3,2D3. The number of para-hydroxylation sites is 1. The van der Waals surface area contributed by atoms with Crippen molar-refractivity contribution in [3.63, 3.8) is 0 Å². The van der Waals surface area contributed by atoms with E-state index < -0.39 is 13.7 Å². The fraction of sp³-hybridized carbons (Fsp3) is 0.0606. The number of benzene rings is 5. The van der Waals surface area contributed by atoms with E-state index in [4.69, 9.17) is 12.6 Å². The fourth-order valence-electron chi connectivity index (χ4n) is 5.14. The Morgan fingerprint density at radius 3 is 2.37 bits per heavy atom. The maximum Gasteiger partial charge on any atom is 0.144 e. The van der Waals surface area contributed by atoms with Gasteiger partial charge in [-0.25, -0.2) is 0 Å². The number of aryl methyl sites for hydroxylation is 2. The van der Waals surface area contributed by atoms with E-state index in [9.17, 15) is 0 Å². The summed E-state index contributed by atoms with van der Waals surface area (Å²) in [5, 5.41) is 6.28. The first-order chi connectivity index (χ1) is 19.6. The second-order valence-electron chi connectivity index (χ2n) is 8.77. The minimum atomic E-state index is -2.62. The third-order valence-corrected chi connectivity index (χ3v) is 6.75. The van der Waals surface area contributed by atoms with Crippen LogP contribution in [0.1, 0.15) is 19.4 Å².